The highest BCUT2D eigenvalue weighted by Crippen LogP contribution is 2.30. The number of esters is 2. The molecule has 0 bridgehead atoms. The van der Waals surface area contributed by atoms with Gasteiger partial charge in [0.2, 0.25) is 24.0 Å². The van der Waals surface area contributed by atoms with Crippen molar-refractivity contribution in [3.05, 3.63) is 0 Å². The first-order valence-corrected chi connectivity index (χ1v) is 33.1. The summed E-state index contributed by atoms with van der Waals surface area (Å²) in [6.07, 6.45) is 50.0. The van der Waals surface area contributed by atoms with E-state index < -0.39 is 53.4 Å². The molecule has 0 aliphatic carbocycles. The van der Waals surface area contributed by atoms with Crippen molar-refractivity contribution in [1.82, 2.24) is 16.0 Å². The maximum Gasteiger partial charge on any atom is 0.307 e. The zero-order chi connectivity index (χ0) is 56.7. The Bertz CT molecular complexity index is 1420. The number of ether oxygens (including phenoxy) is 2. The van der Waals surface area contributed by atoms with Crippen molar-refractivity contribution in [2.24, 2.45) is 5.73 Å². The minimum Gasteiger partial charge on any atom is -0.460 e. The fourth-order valence-electron chi connectivity index (χ4n) is 9.65. The predicted octanol–water partition coefficient (Wildman–Crippen LogP) is 14.7. The molecule has 4 atom stereocenters. The van der Waals surface area contributed by atoms with Crippen LogP contribution in [0, 0.1) is 0 Å². The minimum atomic E-state index is -1.42. The number of carbonyl (C=O) groups excluding carboxylic acids is 6. The van der Waals surface area contributed by atoms with E-state index in [1.807, 2.05) is 6.29 Å². The second-order valence-corrected chi connectivity index (χ2v) is 23.9. The molecule has 0 aliphatic rings. The van der Waals surface area contributed by atoms with Gasteiger partial charge >= 0.3 is 11.9 Å². The molecule has 451 valence electrons. The quantitative estimate of drug-likeness (QED) is 0.0220. The van der Waals surface area contributed by atoms with E-state index in [1.165, 1.54) is 173 Å². The number of carbonyl (C=O) groups is 5. The van der Waals surface area contributed by atoms with E-state index >= 15 is 0 Å². The summed E-state index contributed by atoms with van der Waals surface area (Å²) >= 11 is 1.08. The fourth-order valence-corrected chi connectivity index (χ4v) is 10.7. The third-order valence-electron chi connectivity index (χ3n) is 14.7. The van der Waals surface area contributed by atoms with Crippen LogP contribution in [0.25, 0.3) is 0 Å². The molecule has 6 N–H and O–H groups in total. The van der Waals surface area contributed by atoms with Crippen LogP contribution in [0.4, 0.5) is 0 Å². The van der Waals surface area contributed by atoms with Crippen molar-refractivity contribution >= 4 is 47.7 Å². The Morgan fingerprint density at radius 2 is 0.844 bits per heavy atom. The lowest BCUT2D eigenvalue weighted by atomic mass is 10.0. The van der Waals surface area contributed by atoms with Crippen LogP contribution in [0.5, 0.6) is 0 Å². The van der Waals surface area contributed by atoms with Crippen LogP contribution < -0.4 is 21.7 Å². The van der Waals surface area contributed by atoms with Gasteiger partial charge in [0.05, 0.1) is 12.6 Å². The normalized spacial score (nSPS) is 13.3. The Kier molecular flexibility index (Phi) is 53.3. The van der Waals surface area contributed by atoms with E-state index in [4.69, 9.17) is 15.2 Å². The zero-order valence-corrected chi connectivity index (χ0v) is 50.9. The Labute approximate surface area is 475 Å². The highest BCUT2D eigenvalue weighted by atomic mass is 32.2. The first-order valence-electron chi connectivity index (χ1n) is 32.1. The van der Waals surface area contributed by atoms with E-state index in [0.717, 1.165) is 69.5 Å². The number of amides is 3. The van der Waals surface area contributed by atoms with Crippen LogP contribution >= 0.6 is 11.8 Å². The number of hydrogen-bond donors (Lipinski definition) is 5. The van der Waals surface area contributed by atoms with Gasteiger partial charge in [-0.05, 0) is 52.0 Å². The van der Waals surface area contributed by atoms with Gasteiger partial charge in [-0.1, -0.05) is 252 Å². The summed E-state index contributed by atoms with van der Waals surface area (Å²) in [6, 6.07) is -3.59. The molecule has 0 heterocycles. The lowest BCUT2D eigenvalue weighted by Crippen LogP contribution is -2.57. The number of thioether (sulfide) groups is 1. The Hall–Kier alpha value is -2.71. The summed E-state index contributed by atoms with van der Waals surface area (Å²) < 4.78 is 11.9. The number of aliphatic hydroxyl groups excluding tert-OH is 1. The molecule has 0 aromatic carbocycles. The van der Waals surface area contributed by atoms with Gasteiger partial charge in [-0.15, -0.1) is 11.8 Å². The Morgan fingerprint density at radius 1 is 0.481 bits per heavy atom. The van der Waals surface area contributed by atoms with E-state index in [0.29, 0.717) is 45.1 Å². The van der Waals surface area contributed by atoms with Crippen LogP contribution in [0.3, 0.4) is 0 Å². The molecule has 14 heteroatoms. The Balaban J connectivity index is 5.75. The molecule has 2 unspecified atom stereocenters. The summed E-state index contributed by atoms with van der Waals surface area (Å²) in [4.78, 5) is 77.7. The number of rotatable bonds is 59. The van der Waals surface area contributed by atoms with Gasteiger partial charge in [-0.25, -0.2) is 0 Å². The molecule has 0 saturated carbocycles. The molecule has 77 heavy (non-hydrogen) atoms. The first kappa shape index (κ1) is 74.3. The minimum absolute atomic E-state index is 0.0985. The maximum atomic E-state index is 14.1. The van der Waals surface area contributed by atoms with Gasteiger partial charge in [0.1, 0.15) is 18.7 Å². The number of hydrogen-bond acceptors (Lipinski definition) is 11. The molecular weight excluding hydrogens is 989 g/mol. The van der Waals surface area contributed by atoms with Gasteiger partial charge in [-0.3, -0.25) is 28.8 Å². The van der Waals surface area contributed by atoms with Crippen molar-refractivity contribution in [3.63, 3.8) is 0 Å². The standard InChI is InChI=1S/C63H119N4O9S/c1-5-8-11-14-17-20-23-26-29-32-35-38-41-47-58(70)66-57(62(74)67-56(52-69)61(73)65-55(51-68)46-44-45-50-64)53-77-63(4,76-60(72)49-43-40-37-34-31-28-25-22-19-16-13-10-7-3)54-75-59(71)48-42-39-36-33-30-27-24-21-18-15-12-9-6-2/h55-57,69H,5-50,52-54,64H2,1-4H3,(H,65,73)(H,66,70)(H,67,74)/t55-,56?,57?,63+/m0/s1. The summed E-state index contributed by atoms with van der Waals surface area (Å²) in [6.45, 7) is 7.80. The van der Waals surface area contributed by atoms with E-state index in [2.05, 4.69) is 36.7 Å². The van der Waals surface area contributed by atoms with Crippen molar-refractivity contribution in [3.8, 4) is 0 Å². The second-order valence-electron chi connectivity index (χ2n) is 22.4. The van der Waals surface area contributed by atoms with Gasteiger partial charge in [-0.2, -0.15) is 0 Å². The maximum absolute atomic E-state index is 14.1. The van der Waals surface area contributed by atoms with E-state index in [-0.39, 0.29) is 37.5 Å². The van der Waals surface area contributed by atoms with Gasteiger partial charge in [0, 0.05) is 25.0 Å². The monoisotopic (exact) mass is 1110 g/mol. The average molecular weight is 1110 g/mol. The highest BCUT2D eigenvalue weighted by Gasteiger charge is 2.35. The number of aliphatic hydroxyl groups is 1. The summed E-state index contributed by atoms with van der Waals surface area (Å²) in [5.74, 6) is -2.78. The third-order valence-corrected chi connectivity index (χ3v) is 16.0. The van der Waals surface area contributed by atoms with Gasteiger partial charge in [0.15, 0.2) is 4.93 Å². The van der Waals surface area contributed by atoms with Crippen molar-refractivity contribution in [2.45, 2.75) is 340 Å². The summed E-state index contributed by atoms with van der Waals surface area (Å²) in [5.41, 5.74) is 5.60. The number of unbranched alkanes of at least 4 members (excludes halogenated alkanes) is 37. The molecular formula is C63H119N4O9S. The molecule has 0 aromatic rings. The van der Waals surface area contributed by atoms with Crippen molar-refractivity contribution < 1.29 is 43.3 Å². The van der Waals surface area contributed by atoms with Crippen LogP contribution in [0.2, 0.25) is 0 Å². The lowest BCUT2D eigenvalue weighted by Gasteiger charge is -2.30. The van der Waals surface area contributed by atoms with Crippen molar-refractivity contribution in [2.75, 3.05) is 25.5 Å². The smallest absolute Gasteiger partial charge is 0.307 e. The molecule has 0 aromatic heterocycles. The third kappa shape index (κ3) is 47.8. The van der Waals surface area contributed by atoms with Gasteiger partial charge < -0.3 is 36.3 Å². The highest BCUT2D eigenvalue weighted by molar-refractivity contribution is 8.00. The second kappa shape index (κ2) is 55.2. The van der Waals surface area contributed by atoms with Gasteiger partial charge in [0.25, 0.3) is 0 Å². The summed E-state index contributed by atoms with van der Waals surface area (Å²) in [5, 5.41) is 18.2. The zero-order valence-electron chi connectivity index (χ0n) is 50.1. The van der Waals surface area contributed by atoms with Crippen LogP contribution in [-0.2, 0) is 38.2 Å². The van der Waals surface area contributed by atoms with Crippen molar-refractivity contribution in [1.29, 1.82) is 0 Å². The van der Waals surface area contributed by atoms with E-state index in [1.54, 1.807) is 6.92 Å². The average Bonchev–Trinajstić information content (AvgIpc) is 3.42. The summed E-state index contributed by atoms with van der Waals surface area (Å²) in [7, 11) is 0. The van der Waals surface area contributed by atoms with Crippen LogP contribution in [0.15, 0.2) is 0 Å². The molecule has 0 aliphatic heterocycles. The molecule has 0 fully saturated rings. The predicted molar refractivity (Wildman–Crippen MR) is 320 cm³/mol. The lowest BCUT2D eigenvalue weighted by molar-refractivity contribution is -0.161. The number of nitrogens with two attached hydrogens (primary N) is 1. The van der Waals surface area contributed by atoms with Crippen LogP contribution in [-0.4, -0.2) is 89.6 Å². The SMILES string of the molecule is CCCCCCCCCCCCCCCC(=O)NC(CS[C@](C)(COC(=O)CCCCCCCCCCCCCCC)OC(=O)CCCCCCCCCCCCCCC)C(=O)NC(CO)C(=O)N[C@H]([C]=O)CCCCN. The molecule has 0 rings (SSSR count). The molecule has 0 spiro atoms. The largest absolute Gasteiger partial charge is 0.460 e. The topological polar surface area (TPSA) is 203 Å². The van der Waals surface area contributed by atoms with E-state index in [9.17, 15) is 33.9 Å². The Morgan fingerprint density at radius 3 is 1.22 bits per heavy atom. The molecule has 0 saturated heterocycles. The first-order chi connectivity index (χ1) is 37.5. The molecule has 3 amide bonds. The molecule has 13 nitrogen and oxygen atoms in total. The van der Waals surface area contributed by atoms with Crippen LogP contribution in [0.1, 0.15) is 317 Å². The number of nitrogens with one attached hydrogen (secondary N) is 3. The molecule has 1 radical (unpaired) electrons. The fraction of sp³-hybridized carbons (Fsp3) is 0.905.